The Kier molecular flexibility index (Phi) is 6.37. The largest absolute Gasteiger partial charge is 0.497 e. The number of hydrogen-bond acceptors (Lipinski definition) is 6. The van der Waals surface area contributed by atoms with Gasteiger partial charge in [0, 0.05) is 43.2 Å². The summed E-state index contributed by atoms with van der Waals surface area (Å²) < 4.78 is 16.2. The van der Waals surface area contributed by atoms with Gasteiger partial charge in [-0.1, -0.05) is 12.1 Å². The van der Waals surface area contributed by atoms with E-state index in [9.17, 15) is 9.59 Å². The Hall–Kier alpha value is -3.84. The highest BCUT2D eigenvalue weighted by Gasteiger charge is 2.15. The number of methoxy groups -OCH3 is 1. The number of ether oxygens (including phenoxy) is 1. The van der Waals surface area contributed by atoms with Crippen molar-refractivity contribution in [2.75, 3.05) is 14.2 Å². The Morgan fingerprint density at radius 1 is 1.03 bits per heavy atom. The van der Waals surface area contributed by atoms with Gasteiger partial charge in [-0.3, -0.25) is 9.69 Å². The summed E-state index contributed by atoms with van der Waals surface area (Å²) in [7, 11) is 3.18. The first-order chi connectivity index (χ1) is 15.6. The molecular weight excluding hydrogens is 408 g/mol. The standard InChI is InChI=1S/C25H24N2O5/c1-26-25(29)18-7-5-17(6-8-18)14-27(16-21-4-3-11-31-21)15-19-12-24(28)32-23-13-20(30-2)9-10-22(19)23/h3-13H,14-16H2,1-2H3,(H,26,29). The zero-order chi connectivity index (χ0) is 22.5. The molecule has 0 saturated heterocycles. The molecule has 0 aliphatic heterocycles. The van der Waals surface area contributed by atoms with Gasteiger partial charge >= 0.3 is 5.63 Å². The van der Waals surface area contributed by atoms with Crippen molar-refractivity contribution in [1.29, 1.82) is 0 Å². The average Bonchev–Trinajstić information content (AvgIpc) is 3.31. The van der Waals surface area contributed by atoms with Gasteiger partial charge in [0.1, 0.15) is 17.1 Å². The summed E-state index contributed by atoms with van der Waals surface area (Å²) >= 11 is 0. The van der Waals surface area contributed by atoms with E-state index >= 15 is 0 Å². The van der Waals surface area contributed by atoms with Crippen LogP contribution in [0.15, 0.2) is 80.6 Å². The molecule has 0 radical (unpaired) electrons. The molecule has 0 spiro atoms. The zero-order valence-electron chi connectivity index (χ0n) is 18.0. The van der Waals surface area contributed by atoms with Crippen LogP contribution in [0.5, 0.6) is 5.75 Å². The van der Waals surface area contributed by atoms with Crippen LogP contribution in [-0.2, 0) is 19.6 Å². The Balaban J connectivity index is 1.64. The van der Waals surface area contributed by atoms with Crippen molar-refractivity contribution in [3.8, 4) is 5.75 Å². The van der Waals surface area contributed by atoms with E-state index in [-0.39, 0.29) is 5.91 Å². The highest BCUT2D eigenvalue weighted by atomic mass is 16.5. The van der Waals surface area contributed by atoms with Crippen molar-refractivity contribution >= 4 is 16.9 Å². The van der Waals surface area contributed by atoms with Gasteiger partial charge in [0.2, 0.25) is 0 Å². The first-order valence-electron chi connectivity index (χ1n) is 10.2. The minimum Gasteiger partial charge on any atom is -0.497 e. The second kappa shape index (κ2) is 9.53. The van der Waals surface area contributed by atoms with E-state index in [0.717, 1.165) is 22.3 Å². The third-order valence-corrected chi connectivity index (χ3v) is 5.24. The van der Waals surface area contributed by atoms with Crippen molar-refractivity contribution in [2.45, 2.75) is 19.6 Å². The van der Waals surface area contributed by atoms with E-state index in [4.69, 9.17) is 13.6 Å². The van der Waals surface area contributed by atoms with E-state index in [2.05, 4.69) is 10.2 Å². The molecule has 0 aliphatic carbocycles. The maximum absolute atomic E-state index is 12.2. The average molecular weight is 432 g/mol. The van der Waals surface area contributed by atoms with Crippen LogP contribution in [0.1, 0.15) is 27.2 Å². The Morgan fingerprint density at radius 2 is 1.84 bits per heavy atom. The monoisotopic (exact) mass is 432 g/mol. The summed E-state index contributed by atoms with van der Waals surface area (Å²) in [5.41, 5.74) is 2.58. The number of furan rings is 1. The fourth-order valence-electron chi connectivity index (χ4n) is 3.66. The fourth-order valence-corrected chi connectivity index (χ4v) is 3.66. The molecule has 2 heterocycles. The first kappa shape index (κ1) is 21.4. The summed E-state index contributed by atoms with van der Waals surface area (Å²) in [5, 5.41) is 3.48. The number of benzene rings is 2. The molecule has 2 aromatic carbocycles. The smallest absolute Gasteiger partial charge is 0.336 e. The number of nitrogens with zero attached hydrogens (tertiary/aromatic N) is 1. The first-order valence-corrected chi connectivity index (χ1v) is 10.2. The summed E-state index contributed by atoms with van der Waals surface area (Å²) in [6, 6.07) is 18.2. The van der Waals surface area contributed by atoms with Crippen LogP contribution in [0.3, 0.4) is 0 Å². The van der Waals surface area contributed by atoms with Crippen LogP contribution >= 0.6 is 0 Å². The van der Waals surface area contributed by atoms with E-state index in [1.54, 1.807) is 38.6 Å². The lowest BCUT2D eigenvalue weighted by atomic mass is 10.1. The number of amides is 1. The maximum atomic E-state index is 12.2. The van der Waals surface area contributed by atoms with Gasteiger partial charge in [-0.15, -0.1) is 0 Å². The Labute approximate surface area is 185 Å². The molecule has 1 amide bonds. The van der Waals surface area contributed by atoms with E-state index in [0.29, 0.717) is 36.5 Å². The summed E-state index contributed by atoms with van der Waals surface area (Å²) in [6.07, 6.45) is 1.64. The van der Waals surface area contributed by atoms with Crippen LogP contribution in [0.25, 0.3) is 11.0 Å². The molecule has 4 rings (SSSR count). The molecule has 0 saturated carbocycles. The van der Waals surface area contributed by atoms with Gasteiger partial charge in [-0.05, 0) is 47.5 Å². The molecule has 2 aromatic heterocycles. The van der Waals surface area contributed by atoms with E-state index in [1.165, 1.54) is 6.07 Å². The van der Waals surface area contributed by atoms with E-state index in [1.807, 2.05) is 36.4 Å². The van der Waals surface area contributed by atoms with Crippen LogP contribution < -0.4 is 15.7 Å². The summed E-state index contributed by atoms with van der Waals surface area (Å²) in [4.78, 5) is 26.2. The molecule has 32 heavy (non-hydrogen) atoms. The van der Waals surface area contributed by atoms with Gasteiger partial charge < -0.3 is 18.9 Å². The third kappa shape index (κ3) is 4.90. The number of fused-ring (bicyclic) bond motifs is 1. The van der Waals surface area contributed by atoms with Gasteiger partial charge in [0.05, 0.1) is 19.9 Å². The highest BCUT2D eigenvalue weighted by molar-refractivity contribution is 5.93. The lowest BCUT2D eigenvalue weighted by Crippen LogP contribution is -2.23. The number of nitrogens with one attached hydrogen (secondary N) is 1. The van der Waals surface area contributed by atoms with Gasteiger partial charge in [-0.2, -0.15) is 0 Å². The van der Waals surface area contributed by atoms with Crippen LogP contribution in [0, 0.1) is 0 Å². The van der Waals surface area contributed by atoms with Crippen molar-refractivity contribution < 1.29 is 18.4 Å². The van der Waals surface area contributed by atoms with Gasteiger partial charge in [0.25, 0.3) is 5.91 Å². The normalized spacial score (nSPS) is 11.1. The predicted octanol–water partition coefficient (Wildman–Crippen LogP) is 3.96. The predicted molar refractivity (Wildman–Crippen MR) is 121 cm³/mol. The molecule has 0 fully saturated rings. The van der Waals surface area contributed by atoms with Crippen LogP contribution in [0.4, 0.5) is 0 Å². The summed E-state index contributed by atoms with van der Waals surface area (Å²) in [5.74, 6) is 1.32. The fraction of sp³-hybridized carbons (Fsp3) is 0.200. The maximum Gasteiger partial charge on any atom is 0.336 e. The van der Waals surface area contributed by atoms with Crippen LogP contribution in [-0.4, -0.2) is 25.0 Å². The lowest BCUT2D eigenvalue weighted by Gasteiger charge is -2.22. The number of carbonyl (C=O) groups is 1. The second-order valence-electron chi connectivity index (χ2n) is 7.45. The van der Waals surface area contributed by atoms with Crippen LogP contribution in [0.2, 0.25) is 0 Å². The van der Waals surface area contributed by atoms with Crippen molar-refractivity contribution in [3.05, 3.63) is 99.8 Å². The topological polar surface area (TPSA) is 84.9 Å². The number of carbonyl (C=O) groups excluding carboxylic acids is 1. The van der Waals surface area contributed by atoms with Crippen molar-refractivity contribution in [1.82, 2.24) is 10.2 Å². The molecule has 7 nitrogen and oxygen atoms in total. The molecular formula is C25H24N2O5. The molecule has 7 heteroatoms. The molecule has 164 valence electrons. The SMILES string of the molecule is CNC(=O)c1ccc(CN(Cc2ccco2)Cc2cc(=O)oc3cc(OC)ccc23)cc1. The lowest BCUT2D eigenvalue weighted by molar-refractivity contribution is 0.0963. The second-order valence-corrected chi connectivity index (χ2v) is 7.45. The molecule has 0 aliphatic rings. The highest BCUT2D eigenvalue weighted by Crippen LogP contribution is 2.24. The third-order valence-electron chi connectivity index (χ3n) is 5.24. The molecule has 0 atom stereocenters. The Bertz CT molecular complexity index is 1260. The van der Waals surface area contributed by atoms with Crippen molar-refractivity contribution in [2.24, 2.45) is 0 Å². The Morgan fingerprint density at radius 3 is 2.53 bits per heavy atom. The van der Waals surface area contributed by atoms with Gasteiger partial charge in [0.15, 0.2) is 0 Å². The zero-order valence-corrected chi connectivity index (χ0v) is 18.0. The molecule has 1 N–H and O–H groups in total. The van der Waals surface area contributed by atoms with Crippen molar-refractivity contribution in [3.63, 3.8) is 0 Å². The summed E-state index contributed by atoms with van der Waals surface area (Å²) in [6.45, 7) is 1.67. The van der Waals surface area contributed by atoms with E-state index < -0.39 is 5.63 Å². The molecule has 0 bridgehead atoms. The van der Waals surface area contributed by atoms with Gasteiger partial charge in [-0.25, -0.2) is 4.79 Å². The minimum atomic E-state index is -0.409. The quantitative estimate of drug-likeness (QED) is 0.424. The number of hydrogen-bond donors (Lipinski definition) is 1. The molecule has 4 aromatic rings. The number of rotatable bonds is 8. The molecule has 0 unspecified atom stereocenters. The minimum absolute atomic E-state index is 0.123.